The van der Waals surface area contributed by atoms with Crippen molar-refractivity contribution in [2.75, 3.05) is 13.1 Å². The second-order valence-corrected chi connectivity index (χ2v) is 5.19. The maximum absolute atomic E-state index is 5.45. The summed E-state index contributed by atoms with van der Waals surface area (Å²) in [4.78, 5) is 4.58. The van der Waals surface area contributed by atoms with E-state index in [9.17, 15) is 0 Å². The monoisotopic (exact) mass is 275 g/mol. The summed E-state index contributed by atoms with van der Waals surface area (Å²) in [6.45, 7) is 6.99. The molecule has 1 N–H and O–H groups in total. The van der Waals surface area contributed by atoms with E-state index in [0.717, 1.165) is 49.7 Å². The Balaban J connectivity index is 1.87. The van der Waals surface area contributed by atoms with Crippen LogP contribution >= 0.6 is 0 Å². The molecule has 1 unspecified atom stereocenters. The number of hydrogen-bond donors (Lipinski definition) is 1. The highest BCUT2D eigenvalue weighted by atomic mass is 16.5. The Hall–Kier alpha value is -1.69. The van der Waals surface area contributed by atoms with Crippen LogP contribution in [0.4, 0.5) is 0 Å². The number of rotatable bonds is 4. The van der Waals surface area contributed by atoms with Gasteiger partial charge >= 0.3 is 0 Å². The molecule has 6 heteroatoms. The molecule has 0 radical (unpaired) electrons. The molecule has 3 heterocycles. The lowest BCUT2D eigenvalue weighted by Gasteiger charge is -2.19. The molecule has 1 saturated heterocycles. The molecule has 1 aliphatic heterocycles. The van der Waals surface area contributed by atoms with E-state index in [1.54, 1.807) is 0 Å². The Kier molecular flexibility index (Phi) is 3.82. The first-order valence-corrected chi connectivity index (χ1v) is 7.43. The molecule has 0 spiro atoms. The van der Waals surface area contributed by atoms with E-state index in [1.807, 2.05) is 10.7 Å². The first kappa shape index (κ1) is 13.3. The highest BCUT2D eigenvalue weighted by Gasteiger charge is 2.22. The Bertz CT molecular complexity index is 568. The second-order valence-electron chi connectivity index (χ2n) is 5.19. The van der Waals surface area contributed by atoms with Crippen molar-refractivity contribution in [3.63, 3.8) is 0 Å². The van der Waals surface area contributed by atoms with Crippen LogP contribution in [0.1, 0.15) is 44.1 Å². The van der Waals surface area contributed by atoms with Crippen LogP contribution in [0.5, 0.6) is 0 Å². The van der Waals surface area contributed by atoms with Gasteiger partial charge in [-0.15, -0.1) is 0 Å². The summed E-state index contributed by atoms with van der Waals surface area (Å²) in [7, 11) is 0. The maximum atomic E-state index is 5.45. The van der Waals surface area contributed by atoms with Crippen molar-refractivity contribution < 1.29 is 4.52 Å². The molecule has 1 aliphatic rings. The topological polar surface area (TPSA) is 68.8 Å². The van der Waals surface area contributed by atoms with Gasteiger partial charge in [-0.3, -0.25) is 4.68 Å². The Morgan fingerprint density at radius 2 is 2.35 bits per heavy atom. The zero-order chi connectivity index (χ0) is 13.9. The molecule has 0 aliphatic carbocycles. The van der Waals surface area contributed by atoms with Crippen molar-refractivity contribution in [1.29, 1.82) is 0 Å². The molecule has 0 aromatic carbocycles. The quantitative estimate of drug-likeness (QED) is 0.924. The van der Waals surface area contributed by atoms with Gasteiger partial charge < -0.3 is 9.84 Å². The molecule has 3 rings (SSSR count). The summed E-state index contributed by atoms with van der Waals surface area (Å²) >= 11 is 0. The molecular weight excluding hydrogens is 254 g/mol. The van der Waals surface area contributed by atoms with Gasteiger partial charge in [0.25, 0.3) is 5.89 Å². The molecule has 0 saturated carbocycles. The molecule has 108 valence electrons. The zero-order valence-corrected chi connectivity index (χ0v) is 12.1. The van der Waals surface area contributed by atoms with Crippen LogP contribution < -0.4 is 5.32 Å². The first-order chi connectivity index (χ1) is 9.81. The van der Waals surface area contributed by atoms with Gasteiger partial charge in [-0.05, 0) is 38.8 Å². The van der Waals surface area contributed by atoms with Crippen LogP contribution in [-0.4, -0.2) is 33.0 Å². The summed E-state index contributed by atoms with van der Waals surface area (Å²) in [5.74, 6) is 1.76. The first-order valence-electron chi connectivity index (χ1n) is 7.43. The number of nitrogens with one attached hydrogen (secondary N) is 1. The highest BCUT2D eigenvalue weighted by Crippen LogP contribution is 2.24. The lowest BCUT2D eigenvalue weighted by Crippen LogP contribution is -2.28. The molecule has 2 aromatic heterocycles. The Labute approximate surface area is 118 Å². The molecule has 6 nitrogen and oxygen atoms in total. The molecule has 0 bridgehead atoms. The second kappa shape index (κ2) is 5.75. The molecule has 0 amide bonds. The number of aromatic nitrogens is 4. The van der Waals surface area contributed by atoms with E-state index in [0.29, 0.717) is 11.8 Å². The highest BCUT2D eigenvalue weighted by molar-refractivity contribution is 5.48. The third-order valence-corrected chi connectivity index (χ3v) is 3.82. The van der Waals surface area contributed by atoms with E-state index in [1.165, 1.54) is 6.42 Å². The fourth-order valence-corrected chi connectivity index (χ4v) is 2.63. The zero-order valence-electron chi connectivity index (χ0n) is 12.1. The maximum Gasteiger partial charge on any atom is 0.276 e. The Morgan fingerprint density at radius 1 is 1.45 bits per heavy atom. The third-order valence-electron chi connectivity index (χ3n) is 3.82. The van der Waals surface area contributed by atoms with Crippen molar-refractivity contribution in [2.24, 2.45) is 0 Å². The van der Waals surface area contributed by atoms with Gasteiger partial charge in [0.15, 0.2) is 5.82 Å². The van der Waals surface area contributed by atoms with Crippen molar-refractivity contribution in [3.05, 3.63) is 17.6 Å². The van der Waals surface area contributed by atoms with E-state index in [2.05, 4.69) is 34.4 Å². The van der Waals surface area contributed by atoms with Crippen molar-refractivity contribution >= 4 is 0 Å². The third kappa shape index (κ3) is 2.47. The van der Waals surface area contributed by atoms with E-state index in [-0.39, 0.29) is 0 Å². The average molecular weight is 275 g/mol. The minimum Gasteiger partial charge on any atom is -0.332 e. The summed E-state index contributed by atoms with van der Waals surface area (Å²) < 4.78 is 7.38. The van der Waals surface area contributed by atoms with Gasteiger partial charge in [0.05, 0.1) is 5.69 Å². The standard InChI is InChI=1S/C14H21N5O/c1-3-11-8-12(19(4-2)17-11)14-16-13(18-20-14)10-6-5-7-15-9-10/h8,10,15H,3-7,9H2,1-2H3. The van der Waals surface area contributed by atoms with Crippen LogP contribution in [0.25, 0.3) is 11.6 Å². The largest absolute Gasteiger partial charge is 0.332 e. The molecular formula is C14H21N5O. The fourth-order valence-electron chi connectivity index (χ4n) is 2.63. The predicted octanol–water partition coefficient (Wildman–Crippen LogP) is 1.98. The van der Waals surface area contributed by atoms with Gasteiger partial charge in [-0.2, -0.15) is 10.1 Å². The van der Waals surface area contributed by atoms with E-state index >= 15 is 0 Å². The average Bonchev–Trinajstić information content (AvgIpc) is 3.14. The smallest absolute Gasteiger partial charge is 0.276 e. The lowest BCUT2D eigenvalue weighted by atomic mass is 9.99. The summed E-state index contributed by atoms with van der Waals surface area (Å²) in [5, 5.41) is 12.1. The van der Waals surface area contributed by atoms with E-state index < -0.39 is 0 Å². The van der Waals surface area contributed by atoms with Crippen LogP contribution in [0.3, 0.4) is 0 Å². The van der Waals surface area contributed by atoms with Crippen molar-refractivity contribution in [2.45, 2.75) is 45.6 Å². The summed E-state index contributed by atoms with van der Waals surface area (Å²) in [6.07, 6.45) is 3.20. The van der Waals surface area contributed by atoms with Crippen LogP contribution in [0.15, 0.2) is 10.6 Å². The van der Waals surface area contributed by atoms with Gasteiger partial charge in [0, 0.05) is 19.0 Å². The molecule has 2 aromatic rings. The number of nitrogens with zero attached hydrogens (tertiary/aromatic N) is 4. The molecule has 1 fully saturated rings. The predicted molar refractivity (Wildman–Crippen MR) is 75.4 cm³/mol. The number of aryl methyl sites for hydroxylation is 2. The minimum atomic E-state index is 0.366. The normalized spacial score (nSPS) is 19.4. The lowest BCUT2D eigenvalue weighted by molar-refractivity contribution is 0.391. The SMILES string of the molecule is CCc1cc(-c2nc(C3CCCNC3)no2)n(CC)n1. The van der Waals surface area contributed by atoms with Gasteiger partial charge in [-0.25, -0.2) is 0 Å². The van der Waals surface area contributed by atoms with Gasteiger partial charge in [-0.1, -0.05) is 12.1 Å². The molecule has 20 heavy (non-hydrogen) atoms. The molecule has 1 atom stereocenters. The van der Waals surface area contributed by atoms with Crippen molar-refractivity contribution in [3.8, 4) is 11.6 Å². The van der Waals surface area contributed by atoms with Crippen molar-refractivity contribution in [1.82, 2.24) is 25.2 Å². The van der Waals surface area contributed by atoms with Gasteiger partial charge in [0.1, 0.15) is 5.69 Å². The fraction of sp³-hybridized carbons (Fsp3) is 0.643. The van der Waals surface area contributed by atoms with Crippen LogP contribution in [-0.2, 0) is 13.0 Å². The Morgan fingerprint density at radius 3 is 3.05 bits per heavy atom. The van der Waals surface area contributed by atoms with E-state index in [4.69, 9.17) is 4.52 Å². The summed E-state index contributed by atoms with van der Waals surface area (Å²) in [6, 6.07) is 2.04. The minimum absolute atomic E-state index is 0.366. The number of piperidine rings is 1. The summed E-state index contributed by atoms with van der Waals surface area (Å²) in [5.41, 5.74) is 1.98. The van der Waals surface area contributed by atoms with Crippen LogP contribution in [0, 0.1) is 0 Å². The van der Waals surface area contributed by atoms with Crippen LogP contribution in [0.2, 0.25) is 0 Å². The van der Waals surface area contributed by atoms with Gasteiger partial charge in [0.2, 0.25) is 0 Å². The number of hydrogen-bond acceptors (Lipinski definition) is 5.